The average molecular weight is 464 g/mol. The Hall–Kier alpha value is -3.39. The Bertz CT molecular complexity index is 1230. The van der Waals surface area contributed by atoms with Crippen molar-refractivity contribution in [1.29, 1.82) is 0 Å². The Morgan fingerprint density at radius 1 is 1.06 bits per heavy atom. The van der Waals surface area contributed by atoms with Gasteiger partial charge < -0.3 is 9.67 Å². The van der Waals surface area contributed by atoms with E-state index in [9.17, 15) is 27.6 Å². The molecule has 3 aromatic rings. The number of alkyl halides is 3. The van der Waals surface area contributed by atoms with Crippen molar-refractivity contribution in [1.82, 2.24) is 4.57 Å². The zero-order valence-electron chi connectivity index (χ0n) is 16.7. The average Bonchev–Trinajstić information content (AvgIpc) is 2.72. The lowest BCUT2D eigenvalue weighted by Gasteiger charge is -2.17. The molecule has 0 aliphatic carbocycles. The molecule has 0 fully saturated rings. The van der Waals surface area contributed by atoms with Crippen LogP contribution >= 0.6 is 11.6 Å². The van der Waals surface area contributed by atoms with Crippen LogP contribution in [-0.2, 0) is 17.4 Å². The van der Waals surface area contributed by atoms with Crippen molar-refractivity contribution in [2.24, 2.45) is 0 Å². The van der Waals surface area contributed by atoms with Crippen LogP contribution in [0.3, 0.4) is 0 Å². The molecule has 32 heavy (non-hydrogen) atoms. The molecule has 0 radical (unpaired) electrons. The molecule has 5 nitrogen and oxygen atoms in total. The van der Waals surface area contributed by atoms with Gasteiger partial charge in [-0.3, -0.25) is 9.59 Å². The maximum absolute atomic E-state index is 13.4. The van der Waals surface area contributed by atoms with Crippen molar-refractivity contribution >= 4 is 23.4 Å². The number of ketones is 1. The molecule has 1 atom stereocenters. The second-order valence-corrected chi connectivity index (χ2v) is 7.61. The third-order valence-electron chi connectivity index (χ3n) is 5.01. The lowest BCUT2D eigenvalue weighted by molar-refractivity contribution is -0.137. The monoisotopic (exact) mass is 463 g/mol. The Balaban J connectivity index is 1.87. The van der Waals surface area contributed by atoms with Crippen molar-refractivity contribution < 1.29 is 27.9 Å². The highest BCUT2D eigenvalue weighted by Crippen LogP contribution is 2.38. The molecule has 1 N–H and O–H groups in total. The first-order valence-electron chi connectivity index (χ1n) is 9.41. The first-order chi connectivity index (χ1) is 15.0. The number of benzene rings is 2. The molecule has 0 amide bonds. The Labute approximate surface area is 185 Å². The number of carboxylic acids is 1. The van der Waals surface area contributed by atoms with E-state index in [1.165, 1.54) is 43.5 Å². The van der Waals surface area contributed by atoms with E-state index in [0.29, 0.717) is 5.56 Å². The van der Waals surface area contributed by atoms with Crippen LogP contribution < -0.4 is 5.56 Å². The highest BCUT2D eigenvalue weighted by Gasteiger charge is 2.33. The summed E-state index contributed by atoms with van der Waals surface area (Å²) >= 11 is 5.86. The second-order valence-electron chi connectivity index (χ2n) is 7.17. The number of pyridine rings is 1. The first kappa shape index (κ1) is 23.3. The number of rotatable bonds is 6. The predicted molar refractivity (Wildman–Crippen MR) is 113 cm³/mol. The van der Waals surface area contributed by atoms with E-state index in [-0.39, 0.29) is 33.9 Å². The summed E-state index contributed by atoms with van der Waals surface area (Å²) in [6.07, 6.45) is -3.40. The third kappa shape index (κ3) is 5.08. The van der Waals surface area contributed by atoms with Gasteiger partial charge in [-0.25, -0.2) is 4.79 Å². The van der Waals surface area contributed by atoms with Crippen LogP contribution in [0.25, 0.3) is 11.1 Å². The fourth-order valence-electron chi connectivity index (χ4n) is 3.25. The number of carbonyl (C=O) groups is 2. The van der Waals surface area contributed by atoms with Crippen LogP contribution in [0.2, 0.25) is 5.02 Å². The SMILES string of the molecule is CC(C(=O)Cc1ccc(C(=O)O)cc1)n1ccc(-c2cc(Cl)ccc2C(F)(F)F)cc1=O. The summed E-state index contributed by atoms with van der Waals surface area (Å²) < 4.78 is 41.2. The second kappa shape index (κ2) is 9.00. The van der Waals surface area contributed by atoms with Crippen molar-refractivity contribution in [3.8, 4) is 11.1 Å². The summed E-state index contributed by atoms with van der Waals surface area (Å²) in [6, 6.07) is 10.4. The van der Waals surface area contributed by atoms with Crippen molar-refractivity contribution in [2.75, 3.05) is 0 Å². The number of nitrogens with zero attached hydrogens (tertiary/aromatic N) is 1. The van der Waals surface area contributed by atoms with Gasteiger partial charge in [-0.05, 0) is 60.0 Å². The highest BCUT2D eigenvalue weighted by atomic mass is 35.5. The molecule has 1 unspecified atom stereocenters. The maximum atomic E-state index is 13.4. The van der Waals surface area contributed by atoms with Crippen molar-refractivity contribution in [3.05, 3.63) is 92.9 Å². The normalized spacial score (nSPS) is 12.4. The van der Waals surface area contributed by atoms with Gasteiger partial charge in [-0.15, -0.1) is 0 Å². The van der Waals surface area contributed by atoms with Gasteiger partial charge in [0.2, 0.25) is 0 Å². The summed E-state index contributed by atoms with van der Waals surface area (Å²) in [5.74, 6) is -1.40. The van der Waals surface area contributed by atoms with E-state index in [0.717, 1.165) is 28.8 Å². The lowest BCUT2D eigenvalue weighted by atomic mass is 9.99. The lowest BCUT2D eigenvalue weighted by Crippen LogP contribution is -2.28. The fourth-order valence-corrected chi connectivity index (χ4v) is 3.42. The summed E-state index contributed by atoms with van der Waals surface area (Å²) in [4.78, 5) is 36.2. The predicted octanol–water partition coefficient (Wildman–Crippen LogP) is 5.26. The van der Waals surface area contributed by atoms with Gasteiger partial charge in [0.05, 0.1) is 17.2 Å². The number of carbonyl (C=O) groups excluding carboxylic acids is 1. The quantitative estimate of drug-likeness (QED) is 0.541. The minimum atomic E-state index is -4.63. The van der Waals surface area contributed by atoms with Crippen LogP contribution in [0.15, 0.2) is 65.6 Å². The minimum Gasteiger partial charge on any atom is -0.478 e. The molecule has 2 aromatic carbocycles. The number of aromatic carboxylic acids is 1. The first-order valence-corrected chi connectivity index (χ1v) is 9.79. The Morgan fingerprint density at radius 3 is 2.28 bits per heavy atom. The minimum absolute atomic E-state index is 0.0324. The van der Waals surface area contributed by atoms with E-state index < -0.39 is 29.3 Å². The maximum Gasteiger partial charge on any atom is 0.417 e. The van der Waals surface area contributed by atoms with Crippen LogP contribution in [0, 0.1) is 0 Å². The summed E-state index contributed by atoms with van der Waals surface area (Å²) in [5.41, 5.74) is -1.10. The highest BCUT2D eigenvalue weighted by molar-refractivity contribution is 6.30. The van der Waals surface area contributed by atoms with E-state index in [2.05, 4.69) is 0 Å². The molecule has 0 spiro atoms. The number of halogens is 4. The summed E-state index contributed by atoms with van der Waals surface area (Å²) in [7, 11) is 0. The van der Waals surface area contributed by atoms with Crippen molar-refractivity contribution in [3.63, 3.8) is 0 Å². The number of hydrogen-bond acceptors (Lipinski definition) is 3. The molecule has 9 heteroatoms. The van der Waals surface area contributed by atoms with Gasteiger partial charge in [0.1, 0.15) is 0 Å². The fraction of sp³-hybridized carbons (Fsp3) is 0.174. The number of aromatic nitrogens is 1. The largest absolute Gasteiger partial charge is 0.478 e. The molecule has 0 aliphatic heterocycles. The van der Waals surface area contributed by atoms with E-state index in [1.807, 2.05) is 0 Å². The van der Waals surface area contributed by atoms with Gasteiger partial charge in [-0.1, -0.05) is 23.7 Å². The van der Waals surface area contributed by atoms with Crippen LogP contribution in [-0.4, -0.2) is 21.4 Å². The molecule has 0 bridgehead atoms. The standard InChI is InChI=1S/C23H17ClF3NO4/c1-13(20(29)10-14-2-4-15(5-3-14)22(31)32)28-9-8-16(11-21(28)30)18-12-17(24)6-7-19(18)23(25,26)27/h2-9,11-13H,10H2,1H3,(H,31,32). The summed E-state index contributed by atoms with van der Waals surface area (Å²) in [5, 5.41) is 9.02. The summed E-state index contributed by atoms with van der Waals surface area (Å²) in [6.45, 7) is 1.51. The smallest absolute Gasteiger partial charge is 0.417 e. The third-order valence-corrected chi connectivity index (χ3v) is 5.24. The van der Waals surface area contributed by atoms with Gasteiger partial charge in [-0.2, -0.15) is 13.2 Å². The van der Waals surface area contributed by atoms with Crippen LogP contribution in [0.5, 0.6) is 0 Å². The molecule has 0 aliphatic rings. The van der Waals surface area contributed by atoms with Crippen LogP contribution in [0.4, 0.5) is 13.2 Å². The van der Waals surface area contributed by atoms with Gasteiger partial charge in [0, 0.05) is 23.7 Å². The van der Waals surface area contributed by atoms with Gasteiger partial charge in [0.15, 0.2) is 5.78 Å². The molecule has 1 aromatic heterocycles. The Kier molecular flexibility index (Phi) is 6.55. The molecule has 0 saturated heterocycles. The number of Topliss-reactive ketones (excluding diaryl/α,β-unsaturated/α-hetero) is 1. The van der Waals surface area contributed by atoms with Gasteiger partial charge in [0.25, 0.3) is 5.56 Å². The zero-order valence-corrected chi connectivity index (χ0v) is 17.4. The topological polar surface area (TPSA) is 76.4 Å². The zero-order chi connectivity index (χ0) is 23.6. The van der Waals surface area contributed by atoms with E-state index >= 15 is 0 Å². The molecule has 1 heterocycles. The van der Waals surface area contributed by atoms with Crippen LogP contribution in [0.1, 0.15) is 34.5 Å². The molecule has 3 rings (SSSR count). The number of hydrogen-bond donors (Lipinski definition) is 1. The molecule has 166 valence electrons. The van der Waals surface area contributed by atoms with Gasteiger partial charge >= 0.3 is 12.1 Å². The Morgan fingerprint density at radius 2 is 1.72 bits per heavy atom. The van der Waals surface area contributed by atoms with E-state index in [1.54, 1.807) is 0 Å². The molecular formula is C23H17ClF3NO4. The molecular weight excluding hydrogens is 447 g/mol. The van der Waals surface area contributed by atoms with E-state index in [4.69, 9.17) is 16.7 Å². The molecule has 0 saturated carbocycles. The number of carboxylic acid groups (broad SMARTS) is 1. The van der Waals surface area contributed by atoms with Crippen molar-refractivity contribution in [2.45, 2.75) is 25.6 Å².